The largest absolute Gasteiger partial charge is 0.465 e. The lowest BCUT2D eigenvalue weighted by Gasteiger charge is -2.44. The third-order valence-corrected chi connectivity index (χ3v) is 3.92. The number of carbonyl (C=O) groups is 2. The molecule has 0 radical (unpaired) electrons. The lowest BCUT2D eigenvalue weighted by molar-refractivity contribution is -0.185. The quantitative estimate of drug-likeness (QED) is 0.746. The first-order chi connectivity index (χ1) is 8.30. The minimum absolute atomic E-state index is 0.0138. The summed E-state index contributed by atoms with van der Waals surface area (Å²) >= 11 is 0. The van der Waals surface area contributed by atoms with Crippen molar-refractivity contribution in [3.05, 3.63) is 0 Å². The molecule has 0 saturated carbocycles. The van der Waals surface area contributed by atoms with Gasteiger partial charge in [0.25, 0.3) is 0 Å². The maximum atomic E-state index is 12.1. The fourth-order valence-corrected chi connectivity index (χ4v) is 2.97. The molecule has 2 saturated heterocycles. The van der Waals surface area contributed by atoms with E-state index in [0.717, 1.165) is 0 Å². The molecule has 2 fully saturated rings. The molecule has 2 rings (SSSR count). The van der Waals surface area contributed by atoms with E-state index < -0.39 is 11.6 Å². The molecule has 3 atom stereocenters. The van der Waals surface area contributed by atoms with Crippen LogP contribution in [-0.2, 0) is 19.1 Å². The van der Waals surface area contributed by atoms with Crippen LogP contribution in [0.3, 0.4) is 0 Å². The monoisotopic (exact) mass is 255 g/mol. The van der Waals surface area contributed by atoms with Gasteiger partial charge in [-0.2, -0.15) is 0 Å². The van der Waals surface area contributed by atoms with Gasteiger partial charge in [-0.3, -0.25) is 14.9 Å². The van der Waals surface area contributed by atoms with Gasteiger partial charge < -0.3 is 9.47 Å². The van der Waals surface area contributed by atoms with E-state index in [1.165, 1.54) is 0 Å². The van der Waals surface area contributed by atoms with Gasteiger partial charge in [-0.15, -0.1) is 0 Å². The number of carbonyl (C=O) groups excluding carboxylic acids is 2. The van der Waals surface area contributed by atoms with Crippen LogP contribution < -0.4 is 5.32 Å². The summed E-state index contributed by atoms with van der Waals surface area (Å²) in [5, 5.41) is 3.19. The van der Waals surface area contributed by atoms with Crippen LogP contribution in [0.5, 0.6) is 0 Å². The van der Waals surface area contributed by atoms with E-state index in [9.17, 15) is 9.59 Å². The Hall–Kier alpha value is -1.10. The van der Waals surface area contributed by atoms with Gasteiger partial charge in [0.15, 0.2) is 0 Å². The van der Waals surface area contributed by atoms with Crippen molar-refractivity contribution in [2.75, 3.05) is 6.61 Å². The fourth-order valence-electron chi connectivity index (χ4n) is 2.97. The Labute approximate surface area is 107 Å². The Kier molecular flexibility index (Phi) is 3.13. The van der Waals surface area contributed by atoms with E-state index in [4.69, 9.17) is 9.47 Å². The predicted octanol–water partition coefficient (Wildman–Crippen LogP) is 1.01. The average Bonchev–Trinajstić information content (AvgIpc) is 2.51. The van der Waals surface area contributed by atoms with Gasteiger partial charge in [0, 0.05) is 17.9 Å². The number of ether oxygens (including phenoxy) is 2. The van der Waals surface area contributed by atoms with Crippen molar-refractivity contribution in [3.63, 3.8) is 0 Å². The number of hydrogen-bond acceptors (Lipinski definition) is 5. The molecule has 2 heterocycles. The SMILES string of the molecule is CCOC(=O)[C@H]1N[C@H]2CC(=O)O[C@]1(C(C)(C)C)C2. The molecule has 0 aromatic carbocycles. The van der Waals surface area contributed by atoms with Crippen LogP contribution in [0.25, 0.3) is 0 Å². The summed E-state index contributed by atoms with van der Waals surface area (Å²) in [6, 6.07) is -0.547. The Bertz CT molecular complexity index is 374. The molecule has 5 nitrogen and oxygen atoms in total. The highest BCUT2D eigenvalue weighted by atomic mass is 16.6. The third-order valence-electron chi connectivity index (χ3n) is 3.92. The van der Waals surface area contributed by atoms with Crippen LogP contribution in [0, 0.1) is 5.41 Å². The molecule has 2 bridgehead atoms. The van der Waals surface area contributed by atoms with Gasteiger partial charge in [-0.25, -0.2) is 0 Å². The third kappa shape index (κ3) is 1.90. The standard InChI is InChI=1S/C13H21NO4/c1-5-17-11(16)10-13(12(2,3)4)7-8(14-10)6-9(15)18-13/h8,10,14H,5-7H2,1-4H3/t8-,10+,13+/m0/s1. The van der Waals surface area contributed by atoms with E-state index in [-0.39, 0.29) is 23.4 Å². The molecule has 0 unspecified atom stereocenters. The summed E-state index contributed by atoms with van der Waals surface area (Å²) in [6.45, 7) is 8.07. The smallest absolute Gasteiger partial charge is 0.327 e. The van der Waals surface area contributed by atoms with Crippen LogP contribution in [0.2, 0.25) is 0 Å². The second kappa shape index (κ2) is 4.23. The zero-order valence-electron chi connectivity index (χ0n) is 11.4. The molecule has 1 N–H and O–H groups in total. The van der Waals surface area contributed by atoms with Crippen LogP contribution in [0.15, 0.2) is 0 Å². The highest BCUT2D eigenvalue weighted by Crippen LogP contribution is 2.47. The predicted molar refractivity (Wildman–Crippen MR) is 64.9 cm³/mol. The van der Waals surface area contributed by atoms with Crippen LogP contribution in [-0.4, -0.2) is 36.2 Å². The van der Waals surface area contributed by atoms with Crippen molar-refractivity contribution in [1.29, 1.82) is 0 Å². The van der Waals surface area contributed by atoms with Gasteiger partial charge in [0.1, 0.15) is 11.6 Å². The van der Waals surface area contributed by atoms with Crippen LogP contribution >= 0.6 is 0 Å². The molecule has 0 aromatic heterocycles. The maximum absolute atomic E-state index is 12.1. The number of nitrogens with one attached hydrogen (secondary N) is 1. The van der Waals surface area contributed by atoms with Gasteiger partial charge in [0.2, 0.25) is 0 Å². The Balaban J connectivity index is 2.35. The molecule has 0 spiro atoms. The highest BCUT2D eigenvalue weighted by molar-refractivity contribution is 5.81. The van der Waals surface area contributed by atoms with Gasteiger partial charge in [-0.1, -0.05) is 20.8 Å². The molecule has 2 aliphatic heterocycles. The van der Waals surface area contributed by atoms with Crippen molar-refractivity contribution in [2.45, 2.75) is 58.2 Å². The molecule has 5 heteroatoms. The first-order valence-electron chi connectivity index (χ1n) is 6.44. The zero-order chi connectivity index (χ0) is 13.6. The molecule has 18 heavy (non-hydrogen) atoms. The lowest BCUT2D eigenvalue weighted by Crippen LogP contribution is -2.58. The molecule has 0 aliphatic carbocycles. The minimum Gasteiger partial charge on any atom is -0.465 e. The molecule has 2 aliphatic rings. The minimum atomic E-state index is -0.792. The average molecular weight is 255 g/mol. The highest BCUT2D eigenvalue weighted by Gasteiger charge is 2.63. The summed E-state index contributed by atoms with van der Waals surface area (Å²) in [4.78, 5) is 23.8. The normalized spacial score (nSPS) is 35.2. The van der Waals surface area contributed by atoms with Crippen molar-refractivity contribution in [2.24, 2.45) is 5.41 Å². The summed E-state index contributed by atoms with van der Waals surface area (Å²) in [7, 11) is 0. The van der Waals surface area contributed by atoms with E-state index >= 15 is 0 Å². The summed E-state index contributed by atoms with van der Waals surface area (Å²) in [6.07, 6.45) is 0.999. The summed E-state index contributed by atoms with van der Waals surface area (Å²) in [5.41, 5.74) is -1.11. The second-order valence-corrected chi connectivity index (χ2v) is 6.07. The topological polar surface area (TPSA) is 64.6 Å². The zero-order valence-corrected chi connectivity index (χ0v) is 11.4. The Morgan fingerprint density at radius 2 is 2.22 bits per heavy atom. The molecular weight excluding hydrogens is 234 g/mol. The molecule has 102 valence electrons. The second-order valence-electron chi connectivity index (χ2n) is 6.07. The maximum Gasteiger partial charge on any atom is 0.327 e. The van der Waals surface area contributed by atoms with Gasteiger partial charge >= 0.3 is 11.9 Å². The Morgan fingerprint density at radius 1 is 1.56 bits per heavy atom. The van der Waals surface area contributed by atoms with Crippen LogP contribution in [0.4, 0.5) is 0 Å². The molecule has 0 aromatic rings. The van der Waals surface area contributed by atoms with Crippen molar-refractivity contribution in [1.82, 2.24) is 5.32 Å². The van der Waals surface area contributed by atoms with E-state index in [1.54, 1.807) is 6.92 Å². The molecular formula is C13H21NO4. The van der Waals surface area contributed by atoms with Gasteiger partial charge in [0.05, 0.1) is 13.0 Å². The summed E-state index contributed by atoms with van der Waals surface area (Å²) < 4.78 is 10.7. The fraction of sp³-hybridized carbons (Fsp3) is 0.846. The van der Waals surface area contributed by atoms with E-state index in [1.807, 2.05) is 20.8 Å². The summed E-state index contributed by atoms with van der Waals surface area (Å²) in [5.74, 6) is -0.565. The number of esters is 2. The van der Waals surface area contributed by atoms with Gasteiger partial charge in [-0.05, 0) is 6.92 Å². The molecule has 0 amide bonds. The first kappa shape index (κ1) is 13.3. The van der Waals surface area contributed by atoms with Crippen molar-refractivity contribution >= 4 is 11.9 Å². The number of fused-ring (bicyclic) bond motifs is 2. The number of rotatable bonds is 2. The number of hydrogen-bond donors (Lipinski definition) is 1. The van der Waals surface area contributed by atoms with Crippen molar-refractivity contribution < 1.29 is 19.1 Å². The van der Waals surface area contributed by atoms with Crippen molar-refractivity contribution in [3.8, 4) is 0 Å². The van der Waals surface area contributed by atoms with E-state index in [2.05, 4.69) is 5.32 Å². The lowest BCUT2D eigenvalue weighted by atomic mass is 9.70. The Morgan fingerprint density at radius 3 is 2.78 bits per heavy atom. The first-order valence-corrected chi connectivity index (χ1v) is 6.44. The van der Waals surface area contributed by atoms with Crippen LogP contribution in [0.1, 0.15) is 40.5 Å². The van der Waals surface area contributed by atoms with E-state index in [0.29, 0.717) is 19.4 Å².